The van der Waals surface area contributed by atoms with E-state index < -0.39 is 0 Å². The molecule has 128 valence electrons. The molecular formula is C17H23ClN6. The van der Waals surface area contributed by atoms with Crippen LogP contribution >= 0.6 is 11.6 Å². The third kappa shape index (κ3) is 3.64. The van der Waals surface area contributed by atoms with E-state index in [0.717, 1.165) is 61.5 Å². The summed E-state index contributed by atoms with van der Waals surface area (Å²) >= 11 is 6.09. The number of halogens is 1. The molecule has 1 aliphatic heterocycles. The summed E-state index contributed by atoms with van der Waals surface area (Å²) in [5.74, 6) is 1.54. The molecule has 1 aromatic heterocycles. The Labute approximate surface area is 147 Å². The average molecular weight is 347 g/mol. The highest BCUT2D eigenvalue weighted by Gasteiger charge is 2.21. The van der Waals surface area contributed by atoms with Crippen LogP contribution in [0.25, 0.3) is 0 Å². The van der Waals surface area contributed by atoms with Gasteiger partial charge in [0.2, 0.25) is 0 Å². The Bertz CT molecular complexity index is 685. The molecule has 1 fully saturated rings. The van der Waals surface area contributed by atoms with Crippen molar-refractivity contribution in [2.24, 2.45) is 0 Å². The molecule has 6 nitrogen and oxygen atoms in total. The number of anilines is 4. The normalized spacial score (nSPS) is 14.8. The maximum Gasteiger partial charge on any atom is 0.157 e. The molecule has 0 bridgehead atoms. The summed E-state index contributed by atoms with van der Waals surface area (Å²) in [6, 6.07) is 7.97. The average Bonchev–Trinajstić information content (AvgIpc) is 2.61. The Morgan fingerprint density at radius 1 is 1.17 bits per heavy atom. The molecule has 0 spiro atoms. The molecule has 0 unspecified atom stereocenters. The maximum absolute atomic E-state index is 6.26. The molecule has 0 radical (unpaired) electrons. The third-order valence-corrected chi connectivity index (χ3v) is 4.39. The second-order valence-corrected chi connectivity index (χ2v) is 6.28. The number of nitrogens with one attached hydrogen (secondary N) is 1. The molecule has 3 rings (SSSR count). The van der Waals surface area contributed by atoms with Crippen LogP contribution in [-0.2, 0) is 0 Å². The molecule has 1 aromatic carbocycles. The number of rotatable bonds is 5. The second kappa shape index (κ2) is 7.57. The van der Waals surface area contributed by atoms with Crippen LogP contribution in [0.15, 0.2) is 30.6 Å². The molecule has 2 aromatic rings. The monoisotopic (exact) mass is 346 g/mol. The van der Waals surface area contributed by atoms with Crippen molar-refractivity contribution < 1.29 is 0 Å². The van der Waals surface area contributed by atoms with E-state index in [0.29, 0.717) is 5.69 Å². The lowest BCUT2D eigenvalue weighted by Gasteiger charge is -2.37. The van der Waals surface area contributed by atoms with E-state index in [1.807, 2.05) is 18.2 Å². The van der Waals surface area contributed by atoms with Crippen molar-refractivity contribution in [3.63, 3.8) is 0 Å². The fraction of sp³-hybridized carbons (Fsp3) is 0.412. The van der Waals surface area contributed by atoms with Gasteiger partial charge in [-0.3, -0.25) is 0 Å². The van der Waals surface area contributed by atoms with E-state index in [9.17, 15) is 0 Å². The fourth-order valence-electron chi connectivity index (χ4n) is 2.87. The van der Waals surface area contributed by atoms with E-state index in [-0.39, 0.29) is 0 Å². The molecule has 1 aliphatic rings. The maximum atomic E-state index is 6.26. The number of aromatic nitrogens is 2. The van der Waals surface area contributed by atoms with Crippen LogP contribution in [0.2, 0.25) is 5.02 Å². The van der Waals surface area contributed by atoms with Gasteiger partial charge in [0.1, 0.15) is 12.0 Å². The molecule has 3 N–H and O–H groups in total. The molecule has 0 saturated carbocycles. The first-order valence-corrected chi connectivity index (χ1v) is 8.66. The van der Waals surface area contributed by atoms with Gasteiger partial charge in [0, 0.05) is 43.4 Å². The summed E-state index contributed by atoms with van der Waals surface area (Å²) in [4.78, 5) is 13.2. The molecule has 24 heavy (non-hydrogen) atoms. The van der Waals surface area contributed by atoms with Crippen LogP contribution in [0.5, 0.6) is 0 Å². The molecule has 0 amide bonds. The van der Waals surface area contributed by atoms with E-state index in [1.165, 1.54) is 0 Å². The van der Waals surface area contributed by atoms with Crippen molar-refractivity contribution in [3.8, 4) is 0 Å². The SMILES string of the molecule is CCCNc1ncnc(N2CCN(c3cccc(Cl)c3)CC2)c1N. The number of nitrogens with two attached hydrogens (primary N) is 1. The minimum Gasteiger partial charge on any atom is -0.393 e. The summed E-state index contributed by atoms with van der Waals surface area (Å²) in [6.07, 6.45) is 2.60. The van der Waals surface area contributed by atoms with Gasteiger partial charge >= 0.3 is 0 Å². The molecule has 7 heteroatoms. The first-order chi connectivity index (χ1) is 11.7. The van der Waals surface area contributed by atoms with Gasteiger partial charge in [-0.15, -0.1) is 0 Å². The smallest absolute Gasteiger partial charge is 0.157 e. The summed E-state index contributed by atoms with van der Waals surface area (Å²) in [5.41, 5.74) is 8.04. The summed E-state index contributed by atoms with van der Waals surface area (Å²) < 4.78 is 0. The van der Waals surface area contributed by atoms with E-state index in [2.05, 4.69) is 38.1 Å². The highest BCUT2D eigenvalue weighted by Crippen LogP contribution is 2.28. The van der Waals surface area contributed by atoms with Gasteiger partial charge in [-0.1, -0.05) is 24.6 Å². The highest BCUT2D eigenvalue weighted by molar-refractivity contribution is 6.30. The predicted molar refractivity (Wildman–Crippen MR) is 101 cm³/mol. The van der Waals surface area contributed by atoms with Gasteiger partial charge < -0.3 is 20.9 Å². The Morgan fingerprint density at radius 2 is 1.92 bits per heavy atom. The Kier molecular flexibility index (Phi) is 5.25. The van der Waals surface area contributed by atoms with Crippen molar-refractivity contribution in [1.82, 2.24) is 9.97 Å². The van der Waals surface area contributed by atoms with Gasteiger partial charge in [0.25, 0.3) is 0 Å². The fourth-order valence-corrected chi connectivity index (χ4v) is 3.06. The van der Waals surface area contributed by atoms with Crippen LogP contribution in [0, 0.1) is 0 Å². The van der Waals surface area contributed by atoms with E-state index >= 15 is 0 Å². The molecule has 2 heterocycles. The topological polar surface area (TPSA) is 70.3 Å². The van der Waals surface area contributed by atoms with Crippen LogP contribution < -0.4 is 20.9 Å². The quantitative estimate of drug-likeness (QED) is 0.867. The standard InChI is InChI=1S/C17H23ClN6/c1-2-6-20-16-15(19)17(22-12-21-16)24-9-7-23(8-10-24)14-5-3-4-13(18)11-14/h3-5,11-12H,2,6-10,19H2,1H3,(H,20,21,22). The number of nitrogen functional groups attached to an aromatic ring is 1. The minimum atomic E-state index is 0.627. The molecular weight excluding hydrogens is 324 g/mol. The minimum absolute atomic E-state index is 0.627. The number of hydrogen-bond acceptors (Lipinski definition) is 6. The lowest BCUT2D eigenvalue weighted by Crippen LogP contribution is -2.47. The predicted octanol–water partition coefficient (Wildman–Crippen LogP) is 2.86. The molecule has 0 aliphatic carbocycles. The van der Waals surface area contributed by atoms with Gasteiger partial charge in [-0.25, -0.2) is 9.97 Å². The number of piperazine rings is 1. The first kappa shape index (κ1) is 16.6. The number of nitrogens with zero attached hydrogens (tertiary/aromatic N) is 4. The van der Waals surface area contributed by atoms with Crippen LogP contribution in [0.3, 0.4) is 0 Å². The molecule has 0 atom stereocenters. The van der Waals surface area contributed by atoms with Gasteiger partial charge in [0.05, 0.1) is 0 Å². The van der Waals surface area contributed by atoms with Gasteiger partial charge in [0.15, 0.2) is 11.6 Å². The number of benzene rings is 1. The van der Waals surface area contributed by atoms with Crippen molar-refractivity contribution in [1.29, 1.82) is 0 Å². The van der Waals surface area contributed by atoms with Gasteiger partial charge in [-0.2, -0.15) is 0 Å². The first-order valence-electron chi connectivity index (χ1n) is 8.29. The summed E-state index contributed by atoms with van der Waals surface area (Å²) in [5, 5.41) is 4.02. The van der Waals surface area contributed by atoms with Crippen molar-refractivity contribution in [2.45, 2.75) is 13.3 Å². The van der Waals surface area contributed by atoms with E-state index in [4.69, 9.17) is 17.3 Å². The zero-order valence-electron chi connectivity index (χ0n) is 13.9. The van der Waals surface area contributed by atoms with Crippen LogP contribution in [0.1, 0.15) is 13.3 Å². The Balaban J connectivity index is 1.68. The third-order valence-electron chi connectivity index (χ3n) is 4.16. The number of hydrogen-bond donors (Lipinski definition) is 2. The van der Waals surface area contributed by atoms with Crippen LogP contribution in [-0.4, -0.2) is 42.7 Å². The van der Waals surface area contributed by atoms with Crippen LogP contribution in [0.4, 0.5) is 23.0 Å². The van der Waals surface area contributed by atoms with E-state index in [1.54, 1.807) is 6.33 Å². The highest BCUT2D eigenvalue weighted by atomic mass is 35.5. The zero-order chi connectivity index (χ0) is 16.9. The van der Waals surface area contributed by atoms with Crippen molar-refractivity contribution in [3.05, 3.63) is 35.6 Å². The zero-order valence-corrected chi connectivity index (χ0v) is 14.6. The summed E-state index contributed by atoms with van der Waals surface area (Å²) in [6.45, 7) is 6.49. The lowest BCUT2D eigenvalue weighted by molar-refractivity contribution is 0.647. The largest absolute Gasteiger partial charge is 0.393 e. The summed E-state index contributed by atoms with van der Waals surface area (Å²) in [7, 11) is 0. The Hall–Kier alpha value is -2.21. The Morgan fingerprint density at radius 3 is 2.62 bits per heavy atom. The lowest BCUT2D eigenvalue weighted by atomic mass is 10.2. The van der Waals surface area contributed by atoms with Crippen molar-refractivity contribution in [2.75, 3.05) is 53.6 Å². The van der Waals surface area contributed by atoms with Gasteiger partial charge in [-0.05, 0) is 24.6 Å². The van der Waals surface area contributed by atoms with Crippen molar-refractivity contribution >= 4 is 34.6 Å². The second-order valence-electron chi connectivity index (χ2n) is 5.84. The molecule has 1 saturated heterocycles.